The van der Waals surface area contributed by atoms with Gasteiger partial charge in [-0.1, -0.05) is 239 Å². The van der Waals surface area contributed by atoms with Crippen LogP contribution in [0.5, 0.6) is 0 Å². The Morgan fingerprint density at radius 3 is 1.17 bits per heavy atom. The first-order valence-corrected chi connectivity index (χ1v) is 30.4. The molecule has 0 radical (unpaired) electrons. The molecule has 0 spiro atoms. The lowest BCUT2D eigenvalue weighted by Gasteiger charge is -2.28. The number of phosphoric ester groups is 1. The maximum absolute atomic E-state index is 12.8. The van der Waals surface area contributed by atoms with Crippen LogP contribution in [-0.4, -0.2) is 70.0 Å². The predicted molar refractivity (Wildman–Crippen MR) is 305 cm³/mol. The van der Waals surface area contributed by atoms with Gasteiger partial charge in [0.25, 0.3) is 7.82 Å². The summed E-state index contributed by atoms with van der Waals surface area (Å²) in [6, 6.07) is 0. The summed E-state index contributed by atoms with van der Waals surface area (Å²) in [6.45, 7) is 3.92. The minimum atomic E-state index is -4.65. The largest absolute Gasteiger partial charge is 0.756 e. The summed E-state index contributed by atoms with van der Waals surface area (Å²) >= 11 is 0. The van der Waals surface area contributed by atoms with Crippen LogP contribution in [0.3, 0.4) is 0 Å². The molecule has 10 heteroatoms. The van der Waals surface area contributed by atoms with Gasteiger partial charge in [0.15, 0.2) is 6.10 Å². The van der Waals surface area contributed by atoms with Gasteiger partial charge in [0.1, 0.15) is 19.8 Å². The number of carbonyl (C=O) groups is 2. The molecule has 0 rings (SSSR count). The molecular weight excluding hydrogens is 918 g/mol. The summed E-state index contributed by atoms with van der Waals surface area (Å²) in [7, 11) is 1.13. The Labute approximate surface area is 443 Å². The molecule has 0 aliphatic heterocycles. The van der Waals surface area contributed by atoms with Crippen molar-refractivity contribution in [3.05, 3.63) is 97.2 Å². The molecule has 72 heavy (non-hydrogen) atoms. The molecule has 0 heterocycles. The molecule has 2 unspecified atom stereocenters. The Kier molecular flexibility index (Phi) is 50.5. The number of rotatable bonds is 52. The Bertz CT molecular complexity index is 1540. The van der Waals surface area contributed by atoms with Gasteiger partial charge in [-0.25, -0.2) is 0 Å². The van der Waals surface area contributed by atoms with Crippen molar-refractivity contribution in [2.24, 2.45) is 0 Å². The highest BCUT2D eigenvalue weighted by atomic mass is 31.2. The Morgan fingerprint density at radius 1 is 0.431 bits per heavy atom. The first-order chi connectivity index (χ1) is 35.0. The second kappa shape index (κ2) is 52.8. The van der Waals surface area contributed by atoms with E-state index >= 15 is 0 Å². The maximum atomic E-state index is 12.8. The summed E-state index contributed by atoms with van der Waals surface area (Å²) in [5, 5.41) is 0. The molecule has 0 aromatic heterocycles. The number of phosphoric acid groups is 1. The summed E-state index contributed by atoms with van der Waals surface area (Å²) in [4.78, 5) is 37.7. The summed E-state index contributed by atoms with van der Waals surface area (Å²) < 4.78 is 34.0. The van der Waals surface area contributed by atoms with E-state index in [0.29, 0.717) is 23.9 Å². The molecule has 0 aromatic rings. The van der Waals surface area contributed by atoms with E-state index in [1.165, 1.54) is 122 Å². The number of unbranched alkanes of at least 4 members (excludes halogenated alkanes) is 22. The molecule has 414 valence electrons. The van der Waals surface area contributed by atoms with Gasteiger partial charge < -0.3 is 27.9 Å². The molecule has 0 saturated heterocycles. The highest BCUT2D eigenvalue weighted by Crippen LogP contribution is 2.38. The van der Waals surface area contributed by atoms with Crippen LogP contribution in [0.1, 0.15) is 232 Å². The molecule has 0 saturated carbocycles. The molecule has 0 fully saturated rings. The molecule has 0 amide bonds. The third-order valence-corrected chi connectivity index (χ3v) is 13.1. The average molecular weight is 1030 g/mol. The van der Waals surface area contributed by atoms with Crippen LogP contribution in [0.4, 0.5) is 0 Å². The van der Waals surface area contributed by atoms with Crippen molar-refractivity contribution in [2.45, 2.75) is 238 Å². The van der Waals surface area contributed by atoms with E-state index in [-0.39, 0.29) is 26.1 Å². The first kappa shape index (κ1) is 68.9. The average Bonchev–Trinajstić information content (AvgIpc) is 3.34. The van der Waals surface area contributed by atoms with Gasteiger partial charge in [-0.05, 0) is 77.0 Å². The molecule has 0 bridgehead atoms. The normalized spacial score (nSPS) is 14.0. The third-order valence-electron chi connectivity index (χ3n) is 12.1. The lowest BCUT2D eigenvalue weighted by atomic mass is 10.0. The second-order valence-corrected chi connectivity index (χ2v) is 21.7. The Morgan fingerprint density at radius 2 is 0.778 bits per heavy atom. The number of esters is 2. The zero-order valence-electron chi connectivity index (χ0n) is 46.8. The van der Waals surface area contributed by atoms with Crippen molar-refractivity contribution in [1.29, 1.82) is 0 Å². The molecule has 0 aromatic carbocycles. The van der Waals surface area contributed by atoms with E-state index in [2.05, 4.69) is 98.9 Å². The topological polar surface area (TPSA) is 111 Å². The van der Waals surface area contributed by atoms with Crippen LogP contribution < -0.4 is 4.89 Å². The van der Waals surface area contributed by atoms with Crippen LogP contribution in [0.15, 0.2) is 97.2 Å². The van der Waals surface area contributed by atoms with E-state index < -0.39 is 32.5 Å². The highest BCUT2D eigenvalue weighted by Gasteiger charge is 2.21. The number of allylic oxidation sites excluding steroid dienone is 16. The van der Waals surface area contributed by atoms with Gasteiger partial charge in [0, 0.05) is 12.8 Å². The van der Waals surface area contributed by atoms with Gasteiger partial charge in [0.2, 0.25) is 0 Å². The zero-order valence-corrected chi connectivity index (χ0v) is 47.7. The SMILES string of the molecule is CC/C=C\C/C=C\C/C=C\C/C=C\CCCCCCCCCCCCCCCCCCCCCCCCC(=O)OC(COC(=O)CC/C=C\C/C=C\C/C=C\C/C=C\CC)COP(=O)([O-])OCC[N+](C)(C)C. The van der Waals surface area contributed by atoms with Gasteiger partial charge >= 0.3 is 11.9 Å². The Hall–Kier alpha value is -3.07. The standard InChI is InChI=1S/C62H108NO8P/c1-6-8-10-12-14-16-18-20-21-22-23-24-25-26-27-28-29-30-31-32-33-34-35-36-37-38-39-40-41-43-45-47-49-51-53-55-62(65)71-60(59-70-72(66,67)69-57-56-63(3,4)5)58-68-61(64)54-52-50-48-46-44-42-19-17-15-13-11-9-7-2/h8-11,14-17,20-21,23-24,42,44,48,50,60H,6-7,12-13,18-19,22,25-41,43,45-47,49,51-59H2,1-5H3/b10-8-,11-9-,16-14-,17-15-,21-20-,24-23-,44-42-,50-48-. The van der Waals surface area contributed by atoms with Crippen molar-refractivity contribution < 1.29 is 42.1 Å². The molecule has 0 N–H and O–H groups in total. The zero-order chi connectivity index (χ0) is 52.7. The summed E-state index contributed by atoms with van der Waals surface area (Å²) in [5.74, 6) is -0.927. The van der Waals surface area contributed by atoms with E-state index in [9.17, 15) is 19.0 Å². The monoisotopic (exact) mass is 1030 g/mol. The fourth-order valence-corrected chi connectivity index (χ4v) is 8.45. The fraction of sp³-hybridized carbons (Fsp3) is 0.710. The molecular formula is C62H108NO8P. The highest BCUT2D eigenvalue weighted by molar-refractivity contribution is 7.45. The van der Waals surface area contributed by atoms with Gasteiger partial charge in [-0.3, -0.25) is 14.2 Å². The Balaban J connectivity index is 4.01. The molecule has 0 aliphatic carbocycles. The lowest BCUT2D eigenvalue weighted by Crippen LogP contribution is -2.37. The number of hydrogen-bond acceptors (Lipinski definition) is 8. The first-order valence-electron chi connectivity index (χ1n) is 28.9. The smallest absolute Gasteiger partial charge is 0.306 e. The van der Waals surface area contributed by atoms with Crippen LogP contribution in [0.2, 0.25) is 0 Å². The number of likely N-dealkylation sites (N-methyl/N-ethyl adjacent to an activating group) is 1. The number of hydrogen-bond donors (Lipinski definition) is 0. The number of carbonyl (C=O) groups excluding carboxylic acids is 2. The van der Waals surface area contributed by atoms with E-state index in [4.69, 9.17) is 18.5 Å². The van der Waals surface area contributed by atoms with Crippen LogP contribution in [0, 0.1) is 0 Å². The predicted octanol–water partition coefficient (Wildman–Crippen LogP) is 17.4. The summed E-state index contributed by atoms with van der Waals surface area (Å²) in [5.41, 5.74) is 0. The van der Waals surface area contributed by atoms with Crippen molar-refractivity contribution in [3.8, 4) is 0 Å². The van der Waals surface area contributed by atoms with E-state index in [0.717, 1.165) is 70.6 Å². The number of quaternary nitrogens is 1. The summed E-state index contributed by atoms with van der Waals surface area (Å²) in [6.07, 6.45) is 72.2. The maximum Gasteiger partial charge on any atom is 0.306 e. The minimum absolute atomic E-state index is 0.0437. The van der Waals surface area contributed by atoms with Crippen molar-refractivity contribution in [1.82, 2.24) is 0 Å². The van der Waals surface area contributed by atoms with Crippen molar-refractivity contribution >= 4 is 19.8 Å². The number of nitrogens with zero attached hydrogens (tertiary/aromatic N) is 1. The molecule has 9 nitrogen and oxygen atoms in total. The van der Waals surface area contributed by atoms with Gasteiger partial charge in [-0.15, -0.1) is 0 Å². The van der Waals surface area contributed by atoms with Crippen LogP contribution in [0.25, 0.3) is 0 Å². The lowest BCUT2D eigenvalue weighted by molar-refractivity contribution is -0.870. The van der Waals surface area contributed by atoms with Crippen molar-refractivity contribution in [3.63, 3.8) is 0 Å². The van der Waals surface area contributed by atoms with E-state index in [1.54, 1.807) is 0 Å². The quantitative estimate of drug-likeness (QED) is 0.0195. The molecule has 2 atom stereocenters. The second-order valence-electron chi connectivity index (χ2n) is 20.2. The van der Waals surface area contributed by atoms with E-state index in [1.807, 2.05) is 33.3 Å². The van der Waals surface area contributed by atoms with Gasteiger partial charge in [0.05, 0.1) is 27.7 Å². The van der Waals surface area contributed by atoms with Crippen LogP contribution in [-0.2, 0) is 32.7 Å². The van der Waals surface area contributed by atoms with Gasteiger partial charge in [-0.2, -0.15) is 0 Å². The van der Waals surface area contributed by atoms with Crippen molar-refractivity contribution in [2.75, 3.05) is 47.5 Å². The number of ether oxygens (including phenoxy) is 2. The minimum Gasteiger partial charge on any atom is -0.756 e. The molecule has 0 aliphatic rings. The fourth-order valence-electron chi connectivity index (χ4n) is 7.72. The third kappa shape index (κ3) is 56.2. The van der Waals surface area contributed by atoms with Crippen LogP contribution >= 0.6 is 7.82 Å².